The lowest BCUT2D eigenvalue weighted by molar-refractivity contribution is -0.137. The van der Waals surface area contributed by atoms with Gasteiger partial charge < -0.3 is 4.98 Å². The van der Waals surface area contributed by atoms with E-state index in [4.69, 9.17) is 0 Å². The van der Waals surface area contributed by atoms with Crippen LogP contribution in [0.4, 0.5) is 13.2 Å². The molecule has 3 aromatic heterocycles. The van der Waals surface area contributed by atoms with E-state index in [1.807, 2.05) is 0 Å². The number of nitrogens with one attached hydrogen (secondary N) is 1. The molecular formula is C17H16F3N5O. The molecule has 0 radical (unpaired) electrons. The molecule has 1 fully saturated rings. The smallest absolute Gasteiger partial charge is 0.310 e. The molecule has 6 nitrogen and oxygen atoms in total. The van der Waals surface area contributed by atoms with Gasteiger partial charge in [-0.25, -0.2) is 9.67 Å². The summed E-state index contributed by atoms with van der Waals surface area (Å²) in [5, 5.41) is 5.03. The summed E-state index contributed by atoms with van der Waals surface area (Å²) < 4.78 is 39.8. The van der Waals surface area contributed by atoms with Gasteiger partial charge in [-0.1, -0.05) is 0 Å². The van der Waals surface area contributed by atoms with Gasteiger partial charge in [-0.2, -0.15) is 18.3 Å². The molecule has 3 aromatic rings. The summed E-state index contributed by atoms with van der Waals surface area (Å²) in [6.45, 7) is 3.45. The molecule has 1 atom stereocenters. The number of alkyl halides is 3. The van der Waals surface area contributed by atoms with Gasteiger partial charge >= 0.3 is 6.18 Å². The summed E-state index contributed by atoms with van der Waals surface area (Å²) >= 11 is 0. The highest BCUT2D eigenvalue weighted by atomic mass is 19.4. The average molecular weight is 363 g/mol. The minimum Gasteiger partial charge on any atom is -0.310 e. The van der Waals surface area contributed by atoms with Crippen molar-refractivity contribution < 1.29 is 13.2 Å². The third-order valence-electron chi connectivity index (χ3n) is 4.58. The van der Waals surface area contributed by atoms with E-state index in [2.05, 4.69) is 20.1 Å². The fraction of sp³-hybridized carbons (Fsp3) is 0.412. The van der Waals surface area contributed by atoms with Crippen molar-refractivity contribution in [1.82, 2.24) is 24.7 Å². The molecule has 136 valence electrons. The number of nitrogens with zero attached hydrogens (tertiary/aromatic N) is 4. The molecule has 1 N–H and O–H groups in total. The molecule has 0 amide bonds. The second-order valence-corrected chi connectivity index (χ2v) is 6.60. The minimum atomic E-state index is -4.43. The number of fused-ring (bicyclic) bond motifs is 1. The third kappa shape index (κ3) is 2.77. The van der Waals surface area contributed by atoms with Crippen molar-refractivity contribution in [1.29, 1.82) is 0 Å². The highest BCUT2D eigenvalue weighted by molar-refractivity contribution is 5.78. The van der Waals surface area contributed by atoms with Gasteiger partial charge in [-0.15, -0.1) is 0 Å². The lowest BCUT2D eigenvalue weighted by atomic mass is 10.2. The van der Waals surface area contributed by atoms with Crippen molar-refractivity contribution in [2.45, 2.75) is 44.8 Å². The number of H-pyrrole nitrogens is 1. The van der Waals surface area contributed by atoms with Crippen LogP contribution in [0.15, 0.2) is 23.1 Å². The largest absolute Gasteiger partial charge is 0.417 e. The minimum absolute atomic E-state index is 0.233. The predicted molar refractivity (Wildman–Crippen MR) is 87.9 cm³/mol. The monoisotopic (exact) mass is 363 g/mol. The zero-order valence-corrected chi connectivity index (χ0v) is 14.1. The Morgan fingerprint density at radius 2 is 2.04 bits per heavy atom. The SMILES string of the molecule is Cc1nc2c(c(C3CC3)nn2[C@H](C)c2ccc(C(F)(F)F)cn2)c(=O)[nH]1. The lowest BCUT2D eigenvalue weighted by Gasteiger charge is -2.14. The first-order valence-electron chi connectivity index (χ1n) is 8.28. The van der Waals surface area contributed by atoms with E-state index in [-0.39, 0.29) is 11.5 Å². The van der Waals surface area contributed by atoms with Gasteiger partial charge in [-0.05, 0) is 38.8 Å². The van der Waals surface area contributed by atoms with Crippen molar-refractivity contribution in [3.05, 3.63) is 51.5 Å². The number of aromatic nitrogens is 5. The molecule has 9 heteroatoms. The van der Waals surface area contributed by atoms with Crippen molar-refractivity contribution in [2.24, 2.45) is 0 Å². The summed E-state index contributed by atoms with van der Waals surface area (Å²) in [6.07, 6.45) is -1.69. The van der Waals surface area contributed by atoms with Gasteiger partial charge in [0.05, 0.1) is 23.0 Å². The second-order valence-electron chi connectivity index (χ2n) is 6.60. The molecule has 4 rings (SSSR count). The lowest BCUT2D eigenvalue weighted by Crippen LogP contribution is -2.14. The summed E-state index contributed by atoms with van der Waals surface area (Å²) in [7, 11) is 0. The van der Waals surface area contributed by atoms with Crippen LogP contribution in [0.3, 0.4) is 0 Å². The van der Waals surface area contributed by atoms with E-state index in [1.54, 1.807) is 18.5 Å². The first kappa shape index (κ1) is 16.7. The van der Waals surface area contributed by atoms with Crippen LogP contribution in [0.2, 0.25) is 0 Å². The van der Waals surface area contributed by atoms with Gasteiger partial charge in [0.15, 0.2) is 5.65 Å². The standard InChI is InChI=1S/C17H16F3N5O/c1-8(12-6-5-11(7-21-12)17(18,19)20)25-15-13(14(24-25)10-3-4-10)16(26)23-9(2)22-15/h5-8,10H,3-4H2,1-2H3,(H,22,23,26)/t8-/m1/s1. The van der Waals surface area contributed by atoms with E-state index in [0.29, 0.717) is 28.2 Å². The fourth-order valence-electron chi connectivity index (χ4n) is 3.04. The number of halogens is 3. The molecule has 0 aromatic carbocycles. The Kier molecular flexibility index (Phi) is 3.64. The van der Waals surface area contributed by atoms with Crippen LogP contribution >= 0.6 is 0 Å². The maximum absolute atomic E-state index is 12.7. The highest BCUT2D eigenvalue weighted by Gasteiger charge is 2.33. The Morgan fingerprint density at radius 3 is 2.62 bits per heavy atom. The predicted octanol–water partition coefficient (Wildman–Crippen LogP) is 3.33. The Hall–Kier alpha value is -2.71. The van der Waals surface area contributed by atoms with Crippen LogP contribution < -0.4 is 5.56 Å². The molecule has 1 aliphatic carbocycles. The van der Waals surface area contributed by atoms with E-state index in [1.165, 1.54) is 6.07 Å². The molecule has 0 saturated heterocycles. The van der Waals surface area contributed by atoms with E-state index < -0.39 is 17.8 Å². The topological polar surface area (TPSA) is 76.5 Å². The second kappa shape index (κ2) is 5.65. The zero-order chi connectivity index (χ0) is 18.6. The maximum Gasteiger partial charge on any atom is 0.417 e. The summed E-state index contributed by atoms with van der Waals surface area (Å²) in [5.41, 5.74) is 0.510. The fourth-order valence-corrected chi connectivity index (χ4v) is 3.04. The molecule has 1 saturated carbocycles. The van der Waals surface area contributed by atoms with Crippen molar-refractivity contribution in [3.63, 3.8) is 0 Å². The molecule has 0 bridgehead atoms. The van der Waals surface area contributed by atoms with Crippen LogP contribution in [0.1, 0.15) is 54.5 Å². The molecule has 0 spiro atoms. The van der Waals surface area contributed by atoms with Crippen LogP contribution in [-0.4, -0.2) is 24.7 Å². The molecule has 1 aliphatic rings. The first-order chi connectivity index (χ1) is 12.3. The van der Waals surface area contributed by atoms with Crippen LogP contribution in [0.25, 0.3) is 11.0 Å². The number of hydrogen-bond donors (Lipinski definition) is 1. The summed E-state index contributed by atoms with van der Waals surface area (Å²) in [5.74, 6) is 0.690. The number of aryl methyl sites for hydroxylation is 1. The van der Waals surface area contributed by atoms with Gasteiger partial charge in [0, 0.05) is 12.1 Å². The van der Waals surface area contributed by atoms with Crippen LogP contribution in [0, 0.1) is 6.92 Å². The number of pyridine rings is 1. The van der Waals surface area contributed by atoms with Gasteiger partial charge in [-0.3, -0.25) is 9.78 Å². The van der Waals surface area contributed by atoms with E-state index in [9.17, 15) is 18.0 Å². The Balaban J connectivity index is 1.82. The van der Waals surface area contributed by atoms with Gasteiger partial charge in [0.25, 0.3) is 5.56 Å². The van der Waals surface area contributed by atoms with Crippen molar-refractivity contribution in [3.8, 4) is 0 Å². The zero-order valence-electron chi connectivity index (χ0n) is 14.1. The Labute approximate surface area is 146 Å². The quantitative estimate of drug-likeness (QED) is 0.774. The van der Waals surface area contributed by atoms with Crippen molar-refractivity contribution >= 4 is 11.0 Å². The maximum atomic E-state index is 12.7. The third-order valence-corrected chi connectivity index (χ3v) is 4.58. The van der Waals surface area contributed by atoms with Gasteiger partial charge in [0.2, 0.25) is 0 Å². The molecule has 0 unspecified atom stereocenters. The average Bonchev–Trinajstić information content (AvgIpc) is 3.34. The molecule has 0 aliphatic heterocycles. The normalized spacial score (nSPS) is 16.2. The van der Waals surface area contributed by atoms with Crippen LogP contribution in [-0.2, 0) is 6.18 Å². The highest BCUT2D eigenvalue weighted by Crippen LogP contribution is 2.42. The summed E-state index contributed by atoms with van der Waals surface area (Å²) in [6, 6.07) is 1.87. The Bertz CT molecular complexity index is 1030. The number of aromatic amines is 1. The molecular weight excluding hydrogens is 347 g/mol. The van der Waals surface area contributed by atoms with E-state index in [0.717, 1.165) is 25.1 Å². The first-order valence-corrected chi connectivity index (χ1v) is 8.28. The number of hydrogen-bond acceptors (Lipinski definition) is 4. The Morgan fingerprint density at radius 1 is 1.31 bits per heavy atom. The van der Waals surface area contributed by atoms with Crippen LogP contribution in [0.5, 0.6) is 0 Å². The van der Waals surface area contributed by atoms with E-state index >= 15 is 0 Å². The number of rotatable bonds is 3. The summed E-state index contributed by atoms with van der Waals surface area (Å²) in [4.78, 5) is 23.4. The molecule has 3 heterocycles. The van der Waals surface area contributed by atoms with Crippen molar-refractivity contribution in [2.75, 3.05) is 0 Å². The van der Waals surface area contributed by atoms with Gasteiger partial charge in [0.1, 0.15) is 11.2 Å². The molecule has 26 heavy (non-hydrogen) atoms.